The highest BCUT2D eigenvalue weighted by atomic mass is 79.9. The van der Waals surface area contributed by atoms with E-state index in [1.165, 1.54) is 12.2 Å². The van der Waals surface area contributed by atoms with Gasteiger partial charge in [-0.05, 0) is 36.9 Å². The van der Waals surface area contributed by atoms with Crippen LogP contribution in [0.15, 0.2) is 40.9 Å². The van der Waals surface area contributed by atoms with Crippen LogP contribution >= 0.6 is 15.9 Å². The smallest absolute Gasteiger partial charge is 0.246 e. The Morgan fingerprint density at radius 2 is 1.71 bits per heavy atom. The number of rotatable bonds is 4. The second-order valence-corrected chi connectivity index (χ2v) is 5.88. The van der Waals surface area contributed by atoms with E-state index in [0.29, 0.717) is 5.56 Å². The minimum atomic E-state index is -0.150. The van der Waals surface area contributed by atoms with Crippen LogP contribution in [0.5, 0.6) is 0 Å². The highest BCUT2D eigenvalue weighted by molar-refractivity contribution is 9.10. The molecule has 2 rings (SSSR count). The molecule has 1 aromatic carbocycles. The van der Waals surface area contributed by atoms with Crippen molar-refractivity contribution in [2.45, 2.75) is 6.92 Å². The zero-order valence-corrected chi connectivity index (χ0v) is 13.7. The van der Waals surface area contributed by atoms with E-state index in [9.17, 15) is 9.59 Å². The summed E-state index contributed by atoms with van der Waals surface area (Å²) in [6, 6.07) is 7.10. The maximum Gasteiger partial charge on any atom is 0.246 e. The molecule has 0 spiro atoms. The fraction of sp³-hybridized carbons (Fsp3) is 0.375. The molecule has 0 unspecified atom stereocenters. The van der Waals surface area contributed by atoms with E-state index in [1.807, 2.05) is 12.1 Å². The number of likely N-dealkylation sites (N-methyl/N-ethyl adjacent to an activating group) is 1. The summed E-state index contributed by atoms with van der Waals surface area (Å²) in [4.78, 5) is 28.1. The summed E-state index contributed by atoms with van der Waals surface area (Å²) in [7, 11) is 0. The Labute approximate surface area is 133 Å². The molecule has 0 saturated carbocycles. The summed E-state index contributed by atoms with van der Waals surface area (Å²) in [5.41, 5.74) is 0.582. The Morgan fingerprint density at radius 1 is 1.10 bits per heavy atom. The molecule has 112 valence electrons. The first-order valence-electron chi connectivity index (χ1n) is 7.09. The SMILES string of the molecule is CCN1CCN(C(=O)/C=C/C(=O)c2ccc(Br)cc2)CC1. The number of halogens is 1. The van der Waals surface area contributed by atoms with Crippen LogP contribution in [0.4, 0.5) is 0 Å². The number of benzene rings is 1. The van der Waals surface area contributed by atoms with Gasteiger partial charge in [0.2, 0.25) is 5.91 Å². The maximum atomic E-state index is 12.0. The molecule has 0 atom stereocenters. The Bertz CT molecular complexity index is 532. The normalized spacial score (nSPS) is 16.4. The number of nitrogens with zero attached hydrogens (tertiary/aromatic N) is 2. The molecule has 0 bridgehead atoms. The third kappa shape index (κ3) is 4.51. The highest BCUT2D eigenvalue weighted by Crippen LogP contribution is 2.11. The molecular formula is C16H19BrN2O2. The minimum absolute atomic E-state index is 0.0868. The average Bonchev–Trinajstić information content (AvgIpc) is 2.53. The average molecular weight is 351 g/mol. The molecular weight excluding hydrogens is 332 g/mol. The predicted molar refractivity (Wildman–Crippen MR) is 86.3 cm³/mol. The van der Waals surface area contributed by atoms with Crippen LogP contribution in [-0.4, -0.2) is 54.2 Å². The van der Waals surface area contributed by atoms with Crippen molar-refractivity contribution in [2.75, 3.05) is 32.7 Å². The topological polar surface area (TPSA) is 40.6 Å². The molecule has 4 nitrogen and oxygen atoms in total. The monoisotopic (exact) mass is 350 g/mol. The lowest BCUT2D eigenvalue weighted by molar-refractivity contribution is -0.127. The first-order valence-corrected chi connectivity index (χ1v) is 7.88. The third-order valence-corrected chi connectivity index (χ3v) is 4.17. The maximum absolute atomic E-state index is 12.0. The Hall–Kier alpha value is -1.46. The van der Waals surface area contributed by atoms with Crippen molar-refractivity contribution in [3.63, 3.8) is 0 Å². The van der Waals surface area contributed by atoms with Crippen LogP contribution in [0.2, 0.25) is 0 Å². The van der Waals surface area contributed by atoms with Crippen molar-refractivity contribution < 1.29 is 9.59 Å². The number of hydrogen-bond donors (Lipinski definition) is 0. The van der Waals surface area contributed by atoms with Crippen molar-refractivity contribution in [1.29, 1.82) is 0 Å². The van der Waals surface area contributed by atoms with Crippen LogP contribution in [0.3, 0.4) is 0 Å². The van der Waals surface area contributed by atoms with Gasteiger partial charge in [0, 0.05) is 42.3 Å². The van der Waals surface area contributed by atoms with E-state index in [4.69, 9.17) is 0 Å². The van der Waals surface area contributed by atoms with Gasteiger partial charge in [0.15, 0.2) is 5.78 Å². The van der Waals surface area contributed by atoms with Crippen molar-refractivity contribution in [3.05, 3.63) is 46.5 Å². The predicted octanol–water partition coefficient (Wildman–Crippen LogP) is 2.35. The number of amides is 1. The van der Waals surface area contributed by atoms with Crippen molar-refractivity contribution in [1.82, 2.24) is 9.80 Å². The standard InChI is InChI=1S/C16H19BrN2O2/c1-2-18-9-11-19(12-10-18)16(21)8-7-15(20)13-3-5-14(17)6-4-13/h3-8H,2,9-12H2,1H3/b8-7+. The van der Waals surface area contributed by atoms with Gasteiger partial charge in [-0.1, -0.05) is 22.9 Å². The lowest BCUT2D eigenvalue weighted by Gasteiger charge is -2.33. The molecule has 1 saturated heterocycles. The molecule has 1 aliphatic heterocycles. The fourth-order valence-electron chi connectivity index (χ4n) is 2.25. The van der Waals surface area contributed by atoms with Crippen LogP contribution in [0.1, 0.15) is 17.3 Å². The van der Waals surface area contributed by atoms with Gasteiger partial charge in [-0.15, -0.1) is 0 Å². The second-order valence-electron chi connectivity index (χ2n) is 4.96. The number of ketones is 1. The zero-order valence-electron chi connectivity index (χ0n) is 12.1. The number of piperazine rings is 1. The van der Waals surface area contributed by atoms with E-state index in [2.05, 4.69) is 27.8 Å². The van der Waals surface area contributed by atoms with E-state index in [0.717, 1.165) is 37.2 Å². The summed E-state index contributed by atoms with van der Waals surface area (Å²) in [6.07, 6.45) is 2.74. The van der Waals surface area contributed by atoms with Gasteiger partial charge >= 0.3 is 0 Å². The van der Waals surface area contributed by atoms with E-state index in [-0.39, 0.29) is 11.7 Å². The van der Waals surface area contributed by atoms with Gasteiger partial charge in [0.25, 0.3) is 0 Å². The number of allylic oxidation sites excluding steroid dienone is 1. The number of carbonyl (C=O) groups excluding carboxylic acids is 2. The largest absolute Gasteiger partial charge is 0.337 e. The van der Waals surface area contributed by atoms with Gasteiger partial charge in [0.1, 0.15) is 0 Å². The number of carbonyl (C=O) groups is 2. The van der Waals surface area contributed by atoms with E-state index < -0.39 is 0 Å². The van der Waals surface area contributed by atoms with Gasteiger partial charge in [-0.25, -0.2) is 0 Å². The summed E-state index contributed by atoms with van der Waals surface area (Å²) < 4.78 is 0.924. The third-order valence-electron chi connectivity index (χ3n) is 3.64. The second kappa shape index (κ2) is 7.52. The summed E-state index contributed by atoms with van der Waals surface area (Å²) in [5.74, 6) is -0.237. The highest BCUT2D eigenvalue weighted by Gasteiger charge is 2.18. The zero-order chi connectivity index (χ0) is 15.2. The first kappa shape index (κ1) is 15.9. The molecule has 5 heteroatoms. The number of hydrogen-bond acceptors (Lipinski definition) is 3. The molecule has 0 aliphatic carbocycles. The van der Waals surface area contributed by atoms with Gasteiger partial charge in [0.05, 0.1) is 0 Å². The van der Waals surface area contributed by atoms with Gasteiger partial charge in [-0.3, -0.25) is 9.59 Å². The lowest BCUT2D eigenvalue weighted by Crippen LogP contribution is -2.48. The quantitative estimate of drug-likeness (QED) is 0.618. The van der Waals surface area contributed by atoms with E-state index in [1.54, 1.807) is 17.0 Å². The van der Waals surface area contributed by atoms with Gasteiger partial charge < -0.3 is 9.80 Å². The molecule has 1 amide bonds. The first-order chi connectivity index (χ1) is 10.1. The van der Waals surface area contributed by atoms with Crippen LogP contribution in [0, 0.1) is 0 Å². The lowest BCUT2D eigenvalue weighted by atomic mass is 10.1. The molecule has 1 heterocycles. The van der Waals surface area contributed by atoms with Crippen molar-refractivity contribution in [3.8, 4) is 0 Å². The fourth-order valence-corrected chi connectivity index (χ4v) is 2.51. The molecule has 0 N–H and O–H groups in total. The Morgan fingerprint density at radius 3 is 2.29 bits per heavy atom. The Kier molecular flexibility index (Phi) is 5.70. The van der Waals surface area contributed by atoms with Crippen molar-refractivity contribution >= 4 is 27.6 Å². The van der Waals surface area contributed by atoms with Crippen LogP contribution in [-0.2, 0) is 4.79 Å². The van der Waals surface area contributed by atoms with Gasteiger partial charge in [-0.2, -0.15) is 0 Å². The molecule has 0 aromatic heterocycles. The van der Waals surface area contributed by atoms with Crippen LogP contribution in [0.25, 0.3) is 0 Å². The molecule has 0 radical (unpaired) electrons. The van der Waals surface area contributed by atoms with Crippen molar-refractivity contribution in [2.24, 2.45) is 0 Å². The minimum Gasteiger partial charge on any atom is -0.337 e. The summed E-state index contributed by atoms with van der Waals surface area (Å²) in [5, 5.41) is 0. The molecule has 1 fully saturated rings. The molecule has 1 aliphatic rings. The van der Waals surface area contributed by atoms with Crippen LogP contribution < -0.4 is 0 Å². The Balaban J connectivity index is 1.90. The molecule has 1 aromatic rings. The molecule has 21 heavy (non-hydrogen) atoms. The summed E-state index contributed by atoms with van der Waals surface area (Å²) in [6.45, 7) is 6.38. The van der Waals surface area contributed by atoms with E-state index >= 15 is 0 Å². The summed E-state index contributed by atoms with van der Waals surface area (Å²) >= 11 is 3.33.